The van der Waals surface area contributed by atoms with Crippen molar-refractivity contribution in [2.75, 3.05) is 31.6 Å². The van der Waals surface area contributed by atoms with E-state index in [4.69, 9.17) is 16.3 Å². The largest absolute Gasteiger partial charge is 0.381 e. The van der Waals surface area contributed by atoms with Gasteiger partial charge in [-0.1, -0.05) is 18.5 Å². The van der Waals surface area contributed by atoms with Gasteiger partial charge in [0.1, 0.15) is 0 Å². The molecule has 8 heteroatoms. The Morgan fingerprint density at radius 3 is 2.71 bits per heavy atom. The molecule has 2 aromatic heterocycles. The molecule has 2 aromatic rings. The van der Waals surface area contributed by atoms with Crippen molar-refractivity contribution in [2.24, 2.45) is 11.3 Å². The predicted molar refractivity (Wildman–Crippen MR) is 137 cm³/mol. The highest BCUT2D eigenvalue weighted by atomic mass is 35.5. The SMILES string of the molecule is CCCNC1CCC(Cc2cc(-c3ccc(F)c(NCC4(C#N)CCOCC4)n3)c(Cl)cn2)CC1. The zero-order valence-electron chi connectivity index (χ0n) is 20.5. The lowest BCUT2D eigenvalue weighted by atomic mass is 9.82. The predicted octanol–water partition coefficient (Wildman–Crippen LogP) is 5.77. The summed E-state index contributed by atoms with van der Waals surface area (Å²) in [5, 5.41) is 16.9. The minimum atomic E-state index is -0.574. The Kier molecular flexibility index (Phi) is 8.94. The molecule has 6 nitrogen and oxygen atoms in total. The van der Waals surface area contributed by atoms with Crippen LogP contribution in [0.2, 0.25) is 5.02 Å². The molecule has 0 amide bonds. The molecule has 2 fully saturated rings. The zero-order valence-corrected chi connectivity index (χ0v) is 21.2. The van der Waals surface area contributed by atoms with Gasteiger partial charge in [-0.3, -0.25) is 4.98 Å². The van der Waals surface area contributed by atoms with Crippen molar-refractivity contribution in [3.63, 3.8) is 0 Å². The lowest BCUT2D eigenvalue weighted by molar-refractivity contribution is 0.0455. The van der Waals surface area contributed by atoms with Crippen molar-refractivity contribution in [1.82, 2.24) is 15.3 Å². The maximum Gasteiger partial charge on any atom is 0.165 e. The van der Waals surface area contributed by atoms with E-state index in [1.165, 1.54) is 38.2 Å². The number of hydrogen-bond donors (Lipinski definition) is 2. The van der Waals surface area contributed by atoms with Gasteiger partial charge in [0.2, 0.25) is 0 Å². The van der Waals surface area contributed by atoms with Gasteiger partial charge in [0.05, 0.1) is 22.2 Å². The molecule has 2 N–H and O–H groups in total. The quantitative estimate of drug-likeness (QED) is 0.455. The van der Waals surface area contributed by atoms with E-state index in [9.17, 15) is 9.65 Å². The summed E-state index contributed by atoms with van der Waals surface area (Å²) in [4.78, 5) is 9.10. The second-order valence-corrected chi connectivity index (χ2v) is 10.3. The fourth-order valence-electron chi connectivity index (χ4n) is 5.06. The molecule has 1 saturated carbocycles. The van der Waals surface area contributed by atoms with Gasteiger partial charge in [0.25, 0.3) is 0 Å². The van der Waals surface area contributed by atoms with Gasteiger partial charge in [-0.25, -0.2) is 9.37 Å². The third-order valence-electron chi connectivity index (χ3n) is 7.34. The number of aromatic nitrogens is 2. The first kappa shape index (κ1) is 25.8. The van der Waals surface area contributed by atoms with Gasteiger partial charge in [0.15, 0.2) is 11.6 Å². The molecule has 1 aliphatic carbocycles. The van der Waals surface area contributed by atoms with Gasteiger partial charge in [-0.05, 0) is 82.0 Å². The smallest absolute Gasteiger partial charge is 0.165 e. The minimum absolute atomic E-state index is 0.135. The van der Waals surface area contributed by atoms with Crippen LogP contribution >= 0.6 is 11.6 Å². The highest BCUT2D eigenvalue weighted by Gasteiger charge is 2.33. The summed E-state index contributed by atoms with van der Waals surface area (Å²) in [6.45, 7) is 4.69. The Bertz CT molecular complexity index is 1030. The molecule has 0 unspecified atom stereocenters. The van der Waals surface area contributed by atoms with Crippen LogP contribution in [-0.4, -0.2) is 42.3 Å². The molecule has 2 aliphatic rings. The van der Waals surface area contributed by atoms with E-state index in [0.29, 0.717) is 55.3 Å². The molecule has 1 saturated heterocycles. The molecular weight excluding hydrogens is 465 g/mol. The van der Waals surface area contributed by atoms with Crippen LogP contribution in [0.25, 0.3) is 11.3 Å². The van der Waals surface area contributed by atoms with Gasteiger partial charge in [-0.15, -0.1) is 0 Å². The molecule has 0 radical (unpaired) electrons. The van der Waals surface area contributed by atoms with Gasteiger partial charge in [0, 0.05) is 43.3 Å². The highest BCUT2D eigenvalue weighted by Crippen LogP contribution is 2.33. The van der Waals surface area contributed by atoms with Crippen molar-refractivity contribution >= 4 is 17.4 Å². The average molecular weight is 500 g/mol. The van der Waals surface area contributed by atoms with Gasteiger partial charge >= 0.3 is 0 Å². The number of ether oxygens (including phenoxy) is 1. The number of anilines is 1. The topological polar surface area (TPSA) is 82.9 Å². The van der Waals surface area contributed by atoms with E-state index in [2.05, 4.69) is 33.6 Å². The Morgan fingerprint density at radius 1 is 1.23 bits per heavy atom. The standard InChI is InChI=1S/C27H35ClFN5O/c1-2-11-31-20-5-3-19(4-6-20)14-21-15-22(23(28)16-32-21)25-8-7-24(29)26(34-25)33-18-27(17-30)9-12-35-13-10-27/h7-8,15-16,19-20,31H,2-6,9-14,18H2,1H3,(H,33,34). The number of nitrogens with zero attached hydrogens (tertiary/aromatic N) is 3. The molecule has 0 spiro atoms. The van der Waals surface area contributed by atoms with E-state index >= 15 is 0 Å². The van der Waals surface area contributed by atoms with Crippen molar-refractivity contribution in [2.45, 2.75) is 64.3 Å². The van der Waals surface area contributed by atoms with Crippen LogP contribution in [-0.2, 0) is 11.2 Å². The van der Waals surface area contributed by atoms with Crippen LogP contribution in [0, 0.1) is 28.5 Å². The molecule has 188 valence electrons. The average Bonchev–Trinajstić information content (AvgIpc) is 2.89. The van der Waals surface area contributed by atoms with E-state index < -0.39 is 11.2 Å². The molecular formula is C27H35ClFN5O. The number of nitrogens with one attached hydrogen (secondary N) is 2. The lowest BCUT2D eigenvalue weighted by Gasteiger charge is -2.30. The number of hydrogen-bond acceptors (Lipinski definition) is 6. The Morgan fingerprint density at radius 2 is 2.00 bits per heavy atom. The first-order valence-corrected chi connectivity index (χ1v) is 13.2. The Balaban J connectivity index is 1.44. The van der Waals surface area contributed by atoms with Crippen molar-refractivity contribution in [1.29, 1.82) is 5.26 Å². The third-order valence-corrected chi connectivity index (χ3v) is 7.64. The molecule has 4 rings (SSSR count). The van der Waals surface area contributed by atoms with Crippen LogP contribution < -0.4 is 10.6 Å². The summed E-state index contributed by atoms with van der Waals surface area (Å²) >= 11 is 6.49. The summed E-state index contributed by atoms with van der Waals surface area (Å²) in [5.74, 6) is 0.292. The van der Waals surface area contributed by atoms with Crippen LogP contribution in [0.1, 0.15) is 57.6 Å². The van der Waals surface area contributed by atoms with Gasteiger partial charge < -0.3 is 15.4 Å². The Hall–Kier alpha value is -2.27. The number of halogens is 2. The van der Waals surface area contributed by atoms with Crippen LogP contribution in [0.15, 0.2) is 24.4 Å². The first-order valence-electron chi connectivity index (χ1n) is 12.8. The fraction of sp³-hybridized carbons (Fsp3) is 0.593. The molecule has 0 bridgehead atoms. The van der Waals surface area contributed by atoms with E-state index in [0.717, 1.165) is 24.2 Å². The first-order chi connectivity index (χ1) is 17.0. The monoisotopic (exact) mass is 499 g/mol. The minimum Gasteiger partial charge on any atom is -0.381 e. The second-order valence-electron chi connectivity index (χ2n) is 9.92. The number of pyridine rings is 2. The van der Waals surface area contributed by atoms with Crippen LogP contribution in [0.5, 0.6) is 0 Å². The number of nitriles is 1. The molecule has 0 atom stereocenters. The van der Waals surface area contributed by atoms with E-state index in [1.807, 2.05) is 6.07 Å². The highest BCUT2D eigenvalue weighted by molar-refractivity contribution is 6.33. The Labute approximate surface area is 212 Å². The molecule has 35 heavy (non-hydrogen) atoms. The summed E-state index contributed by atoms with van der Waals surface area (Å²) in [5.41, 5.74) is 1.75. The summed E-state index contributed by atoms with van der Waals surface area (Å²) in [6, 6.07) is 8.06. The molecule has 1 aliphatic heterocycles. The van der Waals surface area contributed by atoms with Crippen molar-refractivity contribution < 1.29 is 9.13 Å². The summed E-state index contributed by atoms with van der Waals surface area (Å²) in [6.07, 6.45) is 9.77. The number of rotatable bonds is 9. The van der Waals surface area contributed by atoms with Crippen molar-refractivity contribution in [3.8, 4) is 17.3 Å². The molecule has 0 aromatic carbocycles. The zero-order chi connectivity index (χ0) is 24.7. The third kappa shape index (κ3) is 6.69. The van der Waals surface area contributed by atoms with E-state index in [1.54, 1.807) is 12.3 Å². The maximum atomic E-state index is 14.6. The van der Waals surface area contributed by atoms with Crippen LogP contribution in [0.4, 0.5) is 10.2 Å². The summed E-state index contributed by atoms with van der Waals surface area (Å²) in [7, 11) is 0. The van der Waals surface area contributed by atoms with Gasteiger partial charge in [-0.2, -0.15) is 5.26 Å². The summed E-state index contributed by atoms with van der Waals surface area (Å²) < 4.78 is 20.0. The molecule has 3 heterocycles. The van der Waals surface area contributed by atoms with Crippen LogP contribution in [0.3, 0.4) is 0 Å². The normalized spacial score (nSPS) is 21.9. The van der Waals surface area contributed by atoms with E-state index in [-0.39, 0.29) is 5.82 Å². The maximum absolute atomic E-state index is 14.6. The second kappa shape index (κ2) is 12.1. The fourth-order valence-corrected chi connectivity index (χ4v) is 5.26. The van der Waals surface area contributed by atoms with Crippen molar-refractivity contribution in [3.05, 3.63) is 40.9 Å². The lowest BCUT2D eigenvalue weighted by Crippen LogP contribution is -2.35.